The highest BCUT2D eigenvalue weighted by Gasteiger charge is 2.27. The van der Waals surface area contributed by atoms with Crippen LogP contribution in [-0.2, 0) is 17.8 Å². The summed E-state index contributed by atoms with van der Waals surface area (Å²) in [6.07, 6.45) is -1.22. The third-order valence-electron chi connectivity index (χ3n) is 5.48. The SMILES string of the molecule is O=C(N[C@@H]1COc2cc(N3CCN(C(=O)O)CC3)cc(F)c2C1)OCc1ccccc1. The largest absolute Gasteiger partial charge is 0.491 e. The van der Waals surface area contributed by atoms with E-state index in [0.29, 0.717) is 49.6 Å². The topological polar surface area (TPSA) is 91.3 Å². The third-order valence-corrected chi connectivity index (χ3v) is 5.48. The van der Waals surface area contributed by atoms with E-state index in [4.69, 9.17) is 14.6 Å². The van der Waals surface area contributed by atoms with Crippen molar-refractivity contribution in [1.82, 2.24) is 10.2 Å². The number of nitrogens with zero attached hydrogens (tertiary/aromatic N) is 2. The lowest BCUT2D eigenvalue weighted by Gasteiger charge is -2.35. The van der Waals surface area contributed by atoms with Crippen molar-refractivity contribution in [2.24, 2.45) is 0 Å². The van der Waals surface area contributed by atoms with Crippen molar-refractivity contribution in [3.63, 3.8) is 0 Å². The van der Waals surface area contributed by atoms with Crippen LogP contribution in [0.15, 0.2) is 42.5 Å². The predicted octanol–water partition coefficient (Wildman–Crippen LogP) is 2.86. The molecule has 31 heavy (non-hydrogen) atoms. The summed E-state index contributed by atoms with van der Waals surface area (Å²) in [7, 11) is 0. The molecule has 2 heterocycles. The Morgan fingerprint density at radius 2 is 1.90 bits per heavy atom. The molecule has 164 valence electrons. The van der Waals surface area contributed by atoms with Crippen LogP contribution in [0.4, 0.5) is 19.7 Å². The number of halogens is 1. The maximum atomic E-state index is 14.8. The average Bonchev–Trinajstić information content (AvgIpc) is 2.79. The number of hydrogen-bond acceptors (Lipinski definition) is 5. The summed E-state index contributed by atoms with van der Waals surface area (Å²) in [6, 6.07) is 12.2. The minimum Gasteiger partial charge on any atom is -0.491 e. The van der Waals surface area contributed by atoms with Crippen LogP contribution in [0.2, 0.25) is 0 Å². The minimum absolute atomic E-state index is 0.156. The lowest BCUT2D eigenvalue weighted by molar-refractivity contribution is 0.128. The van der Waals surface area contributed by atoms with Gasteiger partial charge in [-0.15, -0.1) is 0 Å². The molecule has 8 nitrogen and oxygen atoms in total. The normalized spacial score (nSPS) is 18.0. The summed E-state index contributed by atoms with van der Waals surface area (Å²) >= 11 is 0. The molecule has 0 radical (unpaired) electrons. The number of amides is 2. The zero-order valence-corrected chi connectivity index (χ0v) is 16.9. The van der Waals surface area contributed by atoms with Gasteiger partial charge in [0.1, 0.15) is 24.8 Å². The van der Waals surface area contributed by atoms with Crippen LogP contribution >= 0.6 is 0 Å². The third kappa shape index (κ3) is 4.99. The standard InChI is InChI=1S/C22H24FN3O5/c23-19-11-17(25-6-8-26(9-7-25)22(28)29)12-20-18(19)10-16(14-30-20)24-21(27)31-13-15-4-2-1-3-5-15/h1-5,11-12,16H,6-10,13-14H2,(H,24,27)(H,28,29)/t16-/m0/s1. The van der Waals surface area contributed by atoms with E-state index in [2.05, 4.69) is 5.32 Å². The number of hydrogen-bond donors (Lipinski definition) is 2. The Labute approximate surface area is 179 Å². The van der Waals surface area contributed by atoms with Gasteiger partial charge in [0.25, 0.3) is 0 Å². The van der Waals surface area contributed by atoms with Gasteiger partial charge in [-0.05, 0) is 11.6 Å². The molecule has 2 aromatic carbocycles. The number of alkyl carbamates (subject to hydrolysis) is 1. The first-order valence-corrected chi connectivity index (χ1v) is 10.1. The molecular formula is C22H24FN3O5. The van der Waals surface area contributed by atoms with E-state index in [0.717, 1.165) is 5.56 Å². The number of rotatable bonds is 4. The molecular weight excluding hydrogens is 405 g/mol. The Bertz CT molecular complexity index is 948. The van der Waals surface area contributed by atoms with E-state index in [9.17, 15) is 14.0 Å². The van der Waals surface area contributed by atoms with Gasteiger partial charge in [0.2, 0.25) is 0 Å². The molecule has 1 saturated heterocycles. The molecule has 0 unspecified atom stereocenters. The number of nitrogens with one attached hydrogen (secondary N) is 1. The van der Waals surface area contributed by atoms with Crippen molar-refractivity contribution in [3.8, 4) is 5.75 Å². The van der Waals surface area contributed by atoms with Crippen LogP contribution in [0.3, 0.4) is 0 Å². The molecule has 4 rings (SSSR count). The minimum atomic E-state index is -0.944. The molecule has 1 fully saturated rings. The Morgan fingerprint density at radius 1 is 1.16 bits per heavy atom. The molecule has 2 aliphatic rings. The monoisotopic (exact) mass is 429 g/mol. The van der Waals surface area contributed by atoms with Crippen molar-refractivity contribution in [2.45, 2.75) is 19.1 Å². The Hall–Kier alpha value is -3.49. The smallest absolute Gasteiger partial charge is 0.407 e. The molecule has 0 aromatic heterocycles. The van der Waals surface area contributed by atoms with Crippen LogP contribution < -0.4 is 15.0 Å². The van der Waals surface area contributed by atoms with Crippen molar-refractivity contribution in [2.75, 3.05) is 37.7 Å². The fraction of sp³-hybridized carbons (Fsp3) is 0.364. The van der Waals surface area contributed by atoms with E-state index in [-0.39, 0.29) is 13.2 Å². The molecule has 0 saturated carbocycles. The summed E-state index contributed by atoms with van der Waals surface area (Å²) in [5, 5.41) is 11.8. The highest BCUT2D eigenvalue weighted by atomic mass is 19.1. The quantitative estimate of drug-likeness (QED) is 0.777. The molecule has 1 atom stereocenters. The van der Waals surface area contributed by atoms with Gasteiger partial charge in [-0.1, -0.05) is 30.3 Å². The highest BCUT2D eigenvalue weighted by Crippen LogP contribution is 2.33. The molecule has 0 aliphatic carbocycles. The van der Waals surface area contributed by atoms with Gasteiger partial charge in [0, 0.05) is 49.9 Å². The Kier molecular flexibility index (Phi) is 6.11. The van der Waals surface area contributed by atoms with Crippen LogP contribution in [0.1, 0.15) is 11.1 Å². The van der Waals surface area contributed by atoms with Crippen LogP contribution in [0, 0.1) is 5.82 Å². The summed E-state index contributed by atoms with van der Waals surface area (Å²) in [6.45, 7) is 2.08. The lowest BCUT2D eigenvalue weighted by atomic mass is 10.0. The molecule has 2 amide bonds. The lowest BCUT2D eigenvalue weighted by Crippen LogP contribution is -2.48. The second kappa shape index (κ2) is 9.11. The molecule has 0 bridgehead atoms. The fourth-order valence-corrected chi connectivity index (χ4v) is 3.78. The second-order valence-electron chi connectivity index (χ2n) is 7.58. The summed E-state index contributed by atoms with van der Waals surface area (Å²) in [5.74, 6) is 0.0451. The van der Waals surface area contributed by atoms with Gasteiger partial charge in [-0.25, -0.2) is 14.0 Å². The number of piperazine rings is 1. The first-order valence-electron chi connectivity index (χ1n) is 10.1. The van der Waals surface area contributed by atoms with Crippen LogP contribution in [0.25, 0.3) is 0 Å². The Balaban J connectivity index is 1.34. The molecule has 9 heteroatoms. The van der Waals surface area contributed by atoms with Gasteiger partial charge in [-0.2, -0.15) is 0 Å². The number of carbonyl (C=O) groups is 2. The molecule has 2 aliphatic heterocycles. The van der Waals surface area contributed by atoms with Crippen molar-refractivity contribution in [3.05, 3.63) is 59.4 Å². The van der Waals surface area contributed by atoms with Crippen molar-refractivity contribution < 1.29 is 28.6 Å². The number of fused-ring (bicyclic) bond motifs is 1. The zero-order valence-electron chi connectivity index (χ0n) is 16.9. The van der Waals surface area contributed by atoms with E-state index in [1.165, 1.54) is 11.0 Å². The van der Waals surface area contributed by atoms with Gasteiger partial charge in [-0.3, -0.25) is 0 Å². The number of anilines is 1. The maximum Gasteiger partial charge on any atom is 0.407 e. The molecule has 2 aromatic rings. The second-order valence-corrected chi connectivity index (χ2v) is 7.58. The fourth-order valence-electron chi connectivity index (χ4n) is 3.78. The van der Waals surface area contributed by atoms with E-state index < -0.39 is 24.0 Å². The van der Waals surface area contributed by atoms with E-state index >= 15 is 0 Å². The van der Waals surface area contributed by atoms with Gasteiger partial charge in [0.15, 0.2) is 0 Å². The van der Waals surface area contributed by atoms with Gasteiger partial charge < -0.3 is 29.7 Å². The van der Waals surface area contributed by atoms with Gasteiger partial charge in [0.05, 0.1) is 6.04 Å². The summed E-state index contributed by atoms with van der Waals surface area (Å²) < 4.78 is 25.8. The number of ether oxygens (including phenoxy) is 2. The first kappa shape index (κ1) is 20.8. The zero-order chi connectivity index (χ0) is 21.8. The van der Waals surface area contributed by atoms with Crippen LogP contribution in [-0.4, -0.2) is 61.0 Å². The summed E-state index contributed by atoms with van der Waals surface area (Å²) in [5.41, 5.74) is 1.95. The van der Waals surface area contributed by atoms with Crippen molar-refractivity contribution >= 4 is 17.9 Å². The first-order chi connectivity index (χ1) is 15.0. The Morgan fingerprint density at radius 3 is 2.61 bits per heavy atom. The molecule has 0 spiro atoms. The molecule has 2 N–H and O–H groups in total. The predicted molar refractivity (Wildman–Crippen MR) is 111 cm³/mol. The highest BCUT2D eigenvalue weighted by molar-refractivity contribution is 5.68. The van der Waals surface area contributed by atoms with Crippen LogP contribution in [0.5, 0.6) is 5.75 Å². The van der Waals surface area contributed by atoms with E-state index in [1.807, 2.05) is 35.2 Å². The van der Waals surface area contributed by atoms with E-state index in [1.54, 1.807) is 6.07 Å². The number of benzene rings is 2. The number of carboxylic acid groups (broad SMARTS) is 1. The summed E-state index contributed by atoms with van der Waals surface area (Å²) in [4.78, 5) is 26.4. The van der Waals surface area contributed by atoms with Gasteiger partial charge >= 0.3 is 12.2 Å². The number of carbonyl (C=O) groups excluding carboxylic acids is 1. The maximum absolute atomic E-state index is 14.8. The average molecular weight is 429 g/mol. The van der Waals surface area contributed by atoms with Crippen molar-refractivity contribution in [1.29, 1.82) is 0 Å².